The van der Waals surface area contributed by atoms with E-state index in [0.717, 1.165) is 17.5 Å². The molecule has 4 nitrogen and oxygen atoms in total. The van der Waals surface area contributed by atoms with Crippen LogP contribution in [0.2, 0.25) is 0 Å². The summed E-state index contributed by atoms with van der Waals surface area (Å²) in [6, 6.07) is 7.53. The molecule has 0 saturated carbocycles. The van der Waals surface area contributed by atoms with Crippen molar-refractivity contribution in [2.45, 2.75) is 33.4 Å². The fourth-order valence-corrected chi connectivity index (χ4v) is 1.98. The van der Waals surface area contributed by atoms with Crippen LogP contribution in [0.5, 0.6) is 0 Å². The highest BCUT2D eigenvalue weighted by Crippen LogP contribution is 2.11. The molecule has 0 spiro atoms. The molecule has 1 rings (SSSR count). The van der Waals surface area contributed by atoms with Gasteiger partial charge in [0.05, 0.1) is 12.5 Å². The number of aliphatic hydroxyl groups is 1. The van der Waals surface area contributed by atoms with Gasteiger partial charge in [0.2, 0.25) is 5.91 Å². The number of rotatable bonds is 7. The molecule has 0 heterocycles. The first-order valence-corrected chi connectivity index (χ1v) is 6.73. The lowest BCUT2D eigenvalue weighted by Gasteiger charge is -2.16. The zero-order chi connectivity index (χ0) is 14.3. The first-order valence-electron chi connectivity index (χ1n) is 6.73. The summed E-state index contributed by atoms with van der Waals surface area (Å²) < 4.78 is 0. The van der Waals surface area contributed by atoms with Crippen LogP contribution in [0.3, 0.4) is 0 Å². The van der Waals surface area contributed by atoms with Gasteiger partial charge in [-0.2, -0.15) is 0 Å². The van der Waals surface area contributed by atoms with Gasteiger partial charge in [0, 0.05) is 13.1 Å². The molecular formula is C15H24N2O2. The van der Waals surface area contributed by atoms with Crippen LogP contribution in [0.1, 0.15) is 31.4 Å². The Kier molecular flexibility index (Phi) is 6.53. The summed E-state index contributed by atoms with van der Waals surface area (Å²) in [7, 11) is 0. The molecular weight excluding hydrogens is 240 g/mol. The van der Waals surface area contributed by atoms with Crippen molar-refractivity contribution in [3.05, 3.63) is 35.4 Å². The molecule has 1 unspecified atom stereocenters. The van der Waals surface area contributed by atoms with E-state index in [4.69, 9.17) is 10.8 Å². The Balaban J connectivity index is 2.47. The van der Waals surface area contributed by atoms with Crippen LogP contribution < -0.4 is 11.1 Å². The standard InChI is InChI=1S/C15H24N2O2/c1-11(2)7-14(8-16)15(19)17-9-12-3-5-13(10-18)6-4-12/h3-6,11,14,18H,7-10,16H2,1-2H3,(H,17,19). The Bertz CT molecular complexity index is 388. The minimum absolute atomic E-state index is 0.0161. The predicted molar refractivity (Wildman–Crippen MR) is 76.2 cm³/mol. The fourth-order valence-electron chi connectivity index (χ4n) is 1.98. The third-order valence-corrected chi connectivity index (χ3v) is 3.08. The van der Waals surface area contributed by atoms with Crippen LogP contribution in [0, 0.1) is 11.8 Å². The molecule has 0 aromatic heterocycles. The number of carbonyl (C=O) groups is 1. The SMILES string of the molecule is CC(C)CC(CN)C(=O)NCc1ccc(CO)cc1. The zero-order valence-corrected chi connectivity index (χ0v) is 11.7. The summed E-state index contributed by atoms with van der Waals surface area (Å²) >= 11 is 0. The topological polar surface area (TPSA) is 75.4 Å². The number of nitrogens with two attached hydrogens (primary N) is 1. The largest absolute Gasteiger partial charge is 0.392 e. The normalized spacial score (nSPS) is 12.5. The second-order valence-corrected chi connectivity index (χ2v) is 5.25. The van der Waals surface area contributed by atoms with E-state index < -0.39 is 0 Å². The van der Waals surface area contributed by atoms with Gasteiger partial charge >= 0.3 is 0 Å². The van der Waals surface area contributed by atoms with E-state index in [1.54, 1.807) is 0 Å². The maximum Gasteiger partial charge on any atom is 0.224 e. The van der Waals surface area contributed by atoms with Gasteiger partial charge in [-0.3, -0.25) is 4.79 Å². The lowest BCUT2D eigenvalue weighted by atomic mass is 9.96. The van der Waals surface area contributed by atoms with Gasteiger partial charge in [0.25, 0.3) is 0 Å². The van der Waals surface area contributed by atoms with Crippen molar-refractivity contribution in [1.29, 1.82) is 0 Å². The van der Waals surface area contributed by atoms with Gasteiger partial charge in [-0.1, -0.05) is 38.1 Å². The quantitative estimate of drug-likeness (QED) is 0.697. The summed E-state index contributed by atoms with van der Waals surface area (Å²) in [4.78, 5) is 12.0. The highest BCUT2D eigenvalue weighted by Gasteiger charge is 2.17. The van der Waals surface area contributed by atoms with Gasteiger partial charge < -0.3 is 16.2 Å². The average Bonchev–Trinajstić information content (AvgIpc) is 2.42. The Hall–Kier alpha value is -1.39. The molecule has 1 aromatic carbocycles. The van der Waals surface area contributed by atoms with Crippen LogP contribution in [0.4, 0.5) is 0 Å². The molecule has 1 aromatic rings. The molecule has 0 aliphatic heterocycles. The van der Waals surface area contributed by atoms with Crippen LogP contribution in [0.25, 0.3) is 0 Å². The first-order chi connectivity index (χ1) is 9.06. The monoisotopic (exact) mass is 264 g/mol. The van der Waals surface area contributed by atoms with E-state index in [-0.39, 0.29) is 18.4 Å². The molecule has 4 N–H and O–H groups in total. The molecule has 0 aliphatic rings. The van der Waals surface area contributed by atoms with Crippen LogP contribution in [-0.4, -0.2) is 17.6 Å². The van der Waals surface area contributed by atoms with Crippen LogP contribution in [-0.2, 0) is 17.9 Å². The van der Waals surface area contributed by atoms with E-state index in [2.05, 4.69) is 19.2 Å². The van der Waals surface area contributed by atoms with Gasteiger partial charge in [-0.25, -0.2) is 0 Å². The third kappa shape index (κ3) is 5.41. The average molecular weight is 264 g/mol. The highest BCUT2D eigenvalue weighted by molar-refractivity contribution is 5.78. The van der Waals surface area contributed by atoms with Crippen LogP contribution >= 0.6 is 0 Å². The molecule has 1 amide bonds. The first kappa shape index (κ1) is 15.7. The molecule has 0 fully saturated rings. The Labute approximate surface area is 115 Å². The molecule has 0 radical (unpaired) electrons. The highest BCUT2D eigenvalue weighted by atomic mass is 16.3. The maximum atomic E-state index is 12.0. The Morgan fingerprint density at radius 3 is 2.32 bits per heavy atom. The number of hydrogen-bond acceptors (Lipinski definition) is 3. The van der Waals surface area contributed by atoms with Gasteiger partial charge in [0.15, 0.2) is 0 Å². The molecule has 106 valence electrons. The van der Waals surface area contributed by atoms with Crippen molar-refractivity contribution in [3.8, 4) is 0 Å². The number of carbonyl (C=O) groups excluding carboxylic acids is 1. The van der Waals surface area contributed by atoms with Crippen molar-refractivity contribution in [3.63, 3.8) is 0 Å². The lowest BCUT2D eigenvalue weighted by Crippen LogP contribution is -2.35. The maximum absolute atomic E-state index is 12.0. The lowest BCUT2D eigenvalue weighted by molar-refractivity contribution is -0.125. The second-order valence-electron chi connectivity index (χ2n) is 5.25. The third-order valence-electron chi connectivity index (χ3n) is 3.08. The minimum Gasteiger partial charge on any atom is -0.392 e. The fraction of sp³-hybridized carbons (Fsp3) is 0.533. The van der Waals surface area contributed by atoms with Crippen molar-refractivity contribution in [1.82, 2.24) is 5.32 Å². The summed E-state index contributed by atoms with van der Waals surface area (Å²) in [6.45, 7) is 5.09. The van der Waals surface area contributed by atoms with Gasteiger partial charge in [-0.15, -0.1) is 0 Å². The van der Waals surface area contributed by atoms with Gasteiger partial charge in [-0.05, 0) is 23.5 Å². The molecule has 19 heavy (non-hydrogen) atoms. The number of nitrogens with one attached hydrogen (secondary N) is 1. The summed E-state index contributed by atoms with van der Waals surface area (Å²) in [5.41, 5.74) is 7.53. The van der Waals surface area contributed by atoms with Crippen LogP contribution in [0.15, 0.2) is 24.3 Å². The second kappa shape index (κ2) is 7.92. The number of benzene rings is 1. The molecule has 0 saturated heterocycles. The molecule has 0 bridgehead atoms. The number of hydrogen-bond donors (Lipinski definition) is 3. The summed E-state index contributed by atoms with van der Waals surface area (Å²) in [5, 5.41) is 11.9. The van der Waals surface area contributed by atoms with Crippen molar-refractivity contribution >= 4 is 5.91 Å². The summed E-state index contributed by atoms with van der Waals surface area (Å²) in [5.74, 6) is 0.363. The van der Waals surface area contributed by atoms with E-state index >= 15 is 0 Å². The smallest absolute Gasteiger partial charge is 0.224 e. The van der Waals surface area contributed by atoms with E-state index in [1.165, 1.54) is 0 Å². The van der Waals surface area contributed by atoms with Gasteiger partial charge in [0.1, 0.15) is 0 Å². The van der Waals surface area contributed by atoms with E-state index in [1.807, 2.05) is 24.3 Å². The molecule has 1 atom stereocenters. The van der Waals surface area contributed by atoms with Crippen molar-refractivity contribution in [2.75, 3.05) is 6.54 Å². The molecule has 0 aliphatic carbocycles. The van der Waals surface area contributed by atoms with Crippen molar-refractivity contribution < 1.29 is 9.90 Å². The Morgan fingerprint density at radius 2 is 1.84 bits per heavy atom. The predicted octanol–water partition coefficient (Wildman–Crippen LogP) is 1.42. The van der Waals surface area contributed by atoms with Crippen molar-refractivity contribution in [2.24, 2.45) is 17.6 Å². The zero-order valence-electron chi connectivity index (χ0n) is 11.7. The minimum atomic E-state index is -0.114. The molecule has 4 heteroatoms. The number of aliphatic hydroxyl groups excluding tert-OH is 1. The van der Waals surface area contributed by atoms with E-state index in [0.29, 0.717) is 19.0 Å². The summed E-state index contributed by atoms with van der Waals surface area (Å²) in [6.07, 6.45) is 0.811. The number of amides is 1. The Morgan fingerprint density at radius 1 is 1.26 bits per heavy atom. The van der Waals surface area contributed by atoms with E-state index in [9.17, 15) is 4.79 Å².